The topological polar surface area (TPSA) is 15.3 Å². The summed E-state index contributed by atoms with van der Waals surface area (Å²) < 4.78 is 0. The molecule has 0 amide bonds. The molecule has 1 aliphatic rings. The first-order valence-electron chi connectivity index (χ1n) is 5.18. The van der Waals surface area contributed by atoms with E-state index >= 15 is 0 Å². The van der Waals surface area contributed by atoms with Crippen LogP contribution >= 0.6 is 35.6 Å². The molecule has 1 saturated heterocycles. The quantitative estimate of drug-likeness (QED) is 0.850. The summed E-state index contributed by atoms with van der Waals surface area (Å²) in [5.74, 6) is 0. The summed E-state index contributed by atoms with van der Waals surface area (Å²) >= 11 is 12.1. The highest BCUT2D eigenvalue weighted by molar-refractivity contribution is 6.35. The van der Waals surface area contributed by atoms with Crippen molar-refractivity contribution in [3.8, 4) is 0 Å². The molecule has 0 radical (unpaired) electrons. The molecule has 1 aromatic carbocycles. The summed E-state index contributed by atoms with van der Waals surface area (Å²) in [6.45, 7) is 4.10. The normalized spacial score (nSPS) is 16.5. The van der Waals surface area contributed by atoms with E-state index in [-0.39, 0.29) is 12.4 Å². The van der Waals surface area contributed by atoms with Crippen LogP contribution in [-0.2, 0) is 0 Å². The SMILES string of the molecule is Cl.Clc1ccc(Cl)c(N2CCCNCC2)c1. The van der Waals surface area contributed by atoms with Crippen molar-refractivity contribution >= 4 is 41.3 Å². The lowest BCUT2D eigenvalue weighted by Crippen LogP contribution is -2.27. The van der Waals surface area contributed by atoms with E-state index in [9.17, 15) is 0 Å². The summed E-state index contributed by atoms with van der Waals surface area (Å²) in [7, 11) is 0. The van der Waals surface area contributed by atoms with Crippen LogP contribution in [0.5, 0.6) is 0 Å². The Balaban J connectivity index is 0.00000128. The van der Waals surface area contributed by atoms with E-state index in [4.69, 9.17) is 23.2 Å². The van der Waals surface area contributed by atoms with Crippen LogP contribution in [0.3, 0.4) is 0 Å². The van der Waals surface area contributed by atoms with E-state index in [1.165, 1.54) is 0 Å². The molecule has 1 aliphatic heterocycles. The Morgan fingerprint density at radius 2 is 1.94 bits per heavy atom. The highest BCUT2D eigenvalue weighted by Crippen LogP contribution is 2.29. The largest absolute Gasteiger partial charge is 0.369 e. The smallest absolute Gasteiger partial charge is 0.0640 e. The number of rotatable bonds is 1. The van der Waals surface area contributed by atoms with Gasteiger partial charge in [-0.25, -0.2) is 0 Å². The molecule has 16 heavy (non-hydrogen) atoms. The lowest BCUT2D eigenvalue weighted by Gasteiger charge is -2.23. The monoisotopic (exact) mass is 280 g/mol. The molecule has 1 aromatic rings. The Morgan fingerprint density at radius 3 is 2.75 bits per heavy atom. The maximum absolute atomic E-state index is 6.16. The second-order valence-corrected chi connectivity index (χ2v) is 4.53. The maximum Gasteiger partial charge on any atom is 0.0640 e. The van der Waals surface area contributed by atoms with E-state index in [1.54, 1.807) is 0 Å². The Kier molecular flexibility index (Phi) is 5.70. The van der Waals surface area contributed by atoms with Crippen molar-refractivity contribution in [1.29, 1.82) is 0 Å². The van der Waals surface area contributed by atoms with Crippen molar-refractivity contribution in [2.24, 2.45) is 0 Å². The number of hydrogen-bond acceptors (Lipinski definition) is 2. The molecule has 0 bridgehead atoms. The van der Waals surface area contributed by atoms with Gasteiger partial charge in [-0.3, -0.25) is 0 Å². The molecule has 1 heterocycles. The first-order valence-corrected chi connectivity index (χ1v) is 5.94. The van der Waals surface area contributed by atoms with Crippen LogP contribution in [0.2, 0.25) is 10.0 Å². The molecule has 0 spiro atoms. The molecular formula is C11H15Cl3N2. The molecule has 0 aromatic heterocycles. The standard InChI is InChI=1S/C11H14Cl2N2.ClH/c12-9-2-3-10(13)11(8-9)15-6-1-4-14-5-7-15;/h2-3,8,14H,1,4-7H2;1H. The average Bonchev–Trinajstić information content (AvgIpc) is 2.50. The van der Waals surface area contributed by atoms with Gasteiger partial charge in [0.05, 0.1) is 10.7 Å². The van der Waals surface area contributed by atoms with Gasteiger partial charge in [-0.2, -0.15) is 0 Å². The molecular weight excluding hydrogens is 266 g/mol. The van der Waals surface area contributed by atoms with Gasteiger partial charge in [0.2, 0.25) is 0 Å². The highest BCUT2D eigenvalue weighted by Gasteiger charge is 2.12. The van der Waals surface area contributed by atoms with Crippen molar-refractivity contribution in [1.82, 2.24) is 5.32 Å². The molecule has 5 heteroatoms. The van der Waals surface area contributed by atoms with Crippen LogP contribution in [0.4, 0.5) is 5.69 Å². The third-order valence-corrected chi connectivity index (χ3v) is 3.14. The third kappa shape index (κ3) is 3.42. The minimum atomic E-state index is 0. The second-order valence-electron chi connectivity index (χ2n) is 3.69. The number of hydrogen-bond donors (Lipinski definition) is 1. The van der Waals surface area contributed by atoms with Crippen LogP contribution in [0, 0.1) is 0 Å². The van der Waals surface area contributed by atoms with Crippen LogP contribution in [-0.4, -0.2) is 26.2 Å². The Bertz CT molecular complexity index is 336. The number of benzene rings is 1. The molecule has 2 nitrogen and oxygen atoms in total. The number of nitrogens with zero attached hydrogens (tertiary/aromatic N) is 1. The minimum Gasteiger partial charge on any atom is -0.369 e. The molecule has 1 N–H and O–H groups in total. The van der Waals surface area contributed by atoms with Gasteiger partial charge in [-0.1, -0.05) is 23.2 Å². The van der Waals surface area contributed by atoms with E-state index in [0.717, 1.165) is 48.3 Å². The third-order valence-electron chi connectivity index (χ3n) is 2.59. The molecule has 0 atom stereocenters. The summed E-state index contributed by atoms with van der Waals surface area (Å²) in [5.41, 5.74) is 1.05. The van der Waals surface area contributed by atoms with Gasteiger partial charge < -0.3 is 10.2 Å². The van der Waals surface area contributed by atoms with Crippen molar-refractivity contribution in [3.63, 3.8) is 0 Å². The summed E-state index contributed by atoms with van der Waals surface area (Å²) in [5, 5.41) is 4.88. The van der Waals surface area contributed by atoms with Gasteiger partial charge in [0.1, 0.15) is 0 Å². The van der Waals surface area contributed by atoms with Gasteiger partial charge in [-0.05, 0) is 31.2 Å². The van der Waals surface area contributed by atoms with Crippen molar-refractivity contribution in [2.75, 3.05) is 31.1 Å². The fourth-order valence-electron chi connectivity index (χ4n) is 1.81. The molecule has 0 saturated carbocycles. The van der Waals surface area contributed by atoms with Gasteiger partial charge in [0, 0.05) is 24.7 Å². The zero-order chi connectivity index (χ0) is 10.7. The molecule has 0 aliphatic carbocycles. The van der Waals surface area contributed by atoms with Crippen LogP contribution in [0.1, 0.15) is 6.42 Å². The van der Waals surface area contributed by atoms with Crippen molar-refractivity contribution < 1.29 is 0 Å². The number of halogens is 3. The van der Waals surface area contributed by atoms with Gasteiger partial charge in [0.15, 0.2) is 0 Å². The van der Waals surface area contributed by atoms with E-state index < -0.39 is 0 Å². The second kappa shape index (κ2) is 6.55. The summed E-state index contributed by atoms with van der Waals surface area (Å²) in [6.07, 6.45) is 1.14. The Morgan fingerprint density at radius 1 is 1.12 bits per heavy atom. The predicted octanol–water partition coefficient (Wildman–Crippen LogP) is 3.21. The molecule has 1 fully saturated rings. The average molecular weight is 282 g/mol. The number of nitrogens with one attached hydrogen (secondary N) is 1. The lowest BCUT2D eigenvalue weighted by molar-refractivity contribution is 0.724. The predicted molar refractivity (Wildman–Crippen MR) is 73.4 cm³/mol. The molecule has 2 rings (SSSR count). The first-order chi connectivity index (χ1) is 7.27. The fraction of sp³-hybridized carbons (Fsp3) is 0.455. The minimum absolute atomic E-state index is 0. The van der Waals surface area contributed by atoms with Gasteiger partial charge in [-0.15, -0.1) is 12.4 Å². The van der Waals surface area contributed by atoms with Crippen molar-refractivity contribution in [2.45, 2.75) is 6.42 Å². The van der Waals surface area contributed by atoms with Crippen LogP contribution in [0.25, 0.3) is 0 Å². The lowest BCUT2D eigenvalue weighted by atomic mass is 10.2. The van der Waals surface area contributed by atoms with E-state index in [2.05, 4.69) is 10.2 Å². The van der Waals surface area contributed by atoms with E-state index in [0.29, 0.717) is 0 Å². The van der Waals surface area contributed by atoms with E-state index in [1.807, 2.05) is 18.2 Å². The molecule has 90 valence electrons. The van der Waals surface area contributed by atoms with Gasteiger partial charge in [0.25, 0.3) is 0 Å². The number of anilines is 1. The summed E-state index contributed by atoms with van der Waals surface area (Å²) in [6, 6.07) is 5.62. The molecule has 0 unspecified atom stereocenters. The Labute approximate surface area is 112 Å². The highest BCUT2D eigenvalue weighted by atomic mass is 35.5. The van der Waals surface area contributed by atoms with Crippen LogP contribution < -0.4 is 10.2 Å². The Hall–Kier alpha value is -0.150. The fourth-order valence-corrected chi connectivity index (χ4v) is 2.22. The van der Waals surface area contributed by atoms with Crippen molar-refractivity contribution in [3.05, 3.63) is 28.2 Å². The van der Waals surface area contributed by atoms with Gasteiger partial charge >= 0.3 is 0 Å². The van der Waals surface area contributed by atoms with Crippen LogP contribution in [0.15, 0.2) is 18.2 Å². The zero-order valence-corrected chi connectivity index (χ0v) is 11.2. The first kappa shape index (κ1) is 13.9. The maximum atomic E-state index is 6.16. The zero-order valence-electron chi connectivity index (χ0n) is 8.88. The summed E-state index contributed by atoms with van der Waals surface area (Å²) in [4.78, 5) is 2.29.